The standard InChI is InChI=1S/C4H9N2O/c1-4(2,6)3(5)7/h5H,6H2,1-2H3. The second-order valence-corrected chi connectivity index (χ2v) is 2.05. The third kappa shape index (κ3) is 2.17. The minimum absolute atomic E-state index is 0.729. The monoisotopic (exact) mass is 101 g/mol. The highest BCUT2D eigenvalue weighted by Gasteiger charge is 2.17. The zero-order chi connectivity index (χ0) is 6.08. The van der Waals surface area contributed by atoms with Gasteiger partial charge in [-0.2, -0.15) is 0 Å². The fraction of sp³-hybridized carbons (Fsp3) is 0.750. The summed E-state index contributed by atoms with van der Waals surface area (Å²) in [5.74, 6) is -0.729. The predicted molar refractivity (Wildman–Crippen MR) is 26.4 cm³/mol. The van der Waals surface area contributed by atoms with Gasteiger partial charge in [0, 0.05) is 0 Å². The van der Waals surface area contributed by atoms with Crippen LogP contribution in [-0.4, -0.2) is 11.4 Å². The Kier molecular flexibility index (Phi) is 1.38. The van der Waals surface area contributed by atoms with E-state index in [-0.39, 0.29) is 0 Å². The molecule has 0 saturated heterocycles. The van der Waals surface area contributed by atoms with E-state index in [4.69, 9.17) is 11.5 Å². The molecular weight excluding hydrogens is 92.1 g/mol. The first-order valence-electron chi connectivity index (χ1n) is 1.99. The molecule has 0 aromatic heterocycles. The van der Waals surface area contributed by atoms with E-state index in [0.29, 0.717) is 0 Å². The molecule has 0 aromatic rings. The summed E-state index contributed by atoms with van der Waals surface area (Å²) in [5.41, 5.74) is 10.6. The number of amides is 1. The van der Waals surface area contributed by atoms with Crippen LogP contribution in [0.5, 0.6) is 0 Å². The lowest BCUT2D eigenvalue weighted by molar-refractivity contribution is -0.122. The molecular formula is C4H9N2O. The van der Waals surface area contributed by atoms with Crippen LogP contribution in [-0.2, 0) is 4.79 Å². The molecule has 0 heterocycles. The predicted octanol–water partition coefficient (Wildman–Crippen LogP) is -0.467. The van der Waals surface area contributed by atoms with Crippen LogP contribution in [0.3, 0.4) is 0 Å². The first kappa shape index (κ1) is 6.43. The molecule has 0 rings (SSSR count). The average Bonchev–Trinajstić information content (AvgIpc) is 1.31. The van der Waals surface area contributed by atoms with E-state index in [1.165, 1.54) is 13.8 Å². The molecule has 41 valence electrons. The summed E-state index contributed by atoms with van der Waals surface area (Å²) < 4.78 is 0. The van der Waals surface area contributed by atoms with Gasteiger partial charge in [-0.1, -0.05) is 0 Å². The Hall–Kier alpha value is -0.570. The Labute approximate surface area is 42.7 Å². The van der Waals surface area contributed by atoms with Crippen molar-refractivity contribution in [1.82, 2.24) is 5.73 Å². The van der Waals surface area contributed by atoms with Gasteiger partial charge in [0.25, 0.3) is 5.91 Å². The molecule has 1 amide bonds. The van der Waals surface area contributed by atoms with E-state index in [9.17, 15) is 4.79 Å². The third-order valence-corrected chi connectivity index (χ3v) is 0.585. The Morgan fingerprint density at radius 3 is 1.86 bits per heavy atom. The van der Waals surface area contributed by atoms with Crippen molar-refractivity contribution in [3.63, 3.8) is 0 Å². The van der Waals surface area contributed by atoms with Crippen molar-refractivity contribution in [3.05, 3.63) is 0 Å². The average molecular weight is 101 g/mol. The summed E-state index contributed by atoms with van der Waals surface area (Å²) in [5, 5.41) is 0. The molecule has 0 aliphatic heterocycles. The van der Waals surface area contributed by atoms with Gasteiger partial charge in [-0.25, -0.2) is 0 Å². The highest BCUT2D eigenvalue weighted by molar-refractivity contribution is 5.82. The SMILES string of the molecule is CC(C)(N)C([NH])=O. The van der Waals surface area contributed by atoms with Crippen LogP contribution >= 0.6 is 0 Å². The highest BCUT2D eigenvalue weighted by atomic mass is 16.1. The summed E-state index contributed by atoms with van der Waals surface area (Å²) >= 11 is 0. The van der Waals surface area contributed by atoms with Crippen LogP contribution in [0.4, 0.5) is 0 Å². The smallest absolute Gasteiger partial charge is 0.257 e. The number of hydrogen-bond donors (Lipinski definition) is 1. The van der Waals surface area contributed by atoms with Crippen molar-refractivity contribution in [2.45, 2.75) is 19.4 Å². The van der Waals surface area contributed by atoms with Gasteiger partial charge in [0.1, 0.15) is 0 Å². The van der Waals surface area contributed by atoms with Crippen LogP contribution in [0.25, 0.3) is 0 Å². The molecule has 7 heavy (non-hydrogen) atoms. The fourth-order valence-electron chi connectivity index (χ4n) is 0. The topological polar surface area (TPSA) is 66.9 Å². The zero-order valence-electron chi connectivity index (χ0n) is 4.49. The maximum absolute atomic E-state index is 10.0. The van der Waals surface area contributed by atoms with E-state index in [1.807, 2.05) is 0 Å². The third-order valence-electron chi connectivity index (χ3n) is 0.585. The number of rotatable bonds is 1. The molecule has 3 N–H and O–H groups in total. The van der Waals surface area contributed by atoms with Gasteiger partial charge < -0.3 is 5.73 Å². The maximum Gasteiger partial charge on any atom is 0.257 e. The second-order valence-electron chi connectivity index (χ2n) is 2.05. The lowest BCUT2D eigenvalue weighted by Gasteiger charge is -2.09. The Morgan fingerprint density at radius 1 is 1.71 bits per heavy atom. The molecule has 0 aliphatic carbocycles. The second kappa shape index (κ2) is 1.50. The Bertz CT molecular complexity index is 82.2. The van der Waals surface area contributed by atoms with Gasteiger partial charge in [-0.3, -0.25) is 10.5 Å². The van der Waals surface area contributed by atoms with Crippen molar-refractivity contribution >= 4 is 5.91 Å². The molecule has 0 aromatic carbocycles. The minimum atomic E-state index is -0.972. The molecule has 1 radical (unpaired) electrons. The number of carbonyl (C=O) groups is 1. The molecule has 3 nitrogen and oxygen atoms in total. The van der Waals surface area contributed by atoms with E-state index < -0.39 is 11.4 Å². The summed E-state index contributed by atoms with van der Waals surface area (Å²) in [6.07, 6.45) is 0. The Morgan fingerprint density at radius 2 is 1.86 bits per heavy atom. The van der Waals surface area contributed by atoms with Crippen molar-refractivity contribution in [2.75, 3.05) is 0 Å². The lowest BCUT2D eigenvalue weighted by Crippen LogP contribution is -2.41. The van der Waals surface area contributed by atoms with Crippen LogP contribution in [0.15, 0.2) is 0 Å². The van der Waals surface area contributed by atoms with Crippen molar-refractivity contribution in [2.24, 2.45) is 5.73 Å². The Balaban J connectivity index is 3.79. The van der Waals surface area contributed by atoms with Crippen molar-refractivity contribution in [3.8, 4) is 0 Å². The number of nitrogens with two attached hydrogens (primary N) is 1. The molecule has 0 unspecified atom stereocenters. The van der Waals surface area contributed by atoms with Crippen LogP contribution < -0.4 is 11.5 Å². The maximum atomic E-state index is 10.0. The first-order chi connectivity index (χ1) is 2.94. The van der Waals surface area contributed by atoms with Gasteiger partial charge in [-0.15, -0.1) is 0 Å². The van der Waals surface area contributed by atoms with Gasteiger partial charge >= 0.3 is 0 Å². The quantitative estimate of drug-likeness (QED) is 0.485. The number of carbonyl (C=O) groups excluding carboxylic acids is 1. The fourth-order valence-corrected chi connectivity index (χ4v) is 0. The van der Waals surface area contributed by atoms with E-state index in [0.717, 1.165) is 0 Å². The van der Waals surface area contributed by atoms with E-state index >= 15 is 0 Å². The van der Waals surface area contributed by atoms with Gasteiger partial charge in [0.15, 0.2) is 0 Å². The van der Waals surface area contributed by atoms with Crippen LogP contribution in [0, 0.1) is 0 Å². The largest absolute Gasteiger partial charge is 0.318 e. The molecule has 0 aliphatic rings. The number of nitrogens with one attached hydrogen (secondary N) is 1. The van der Waals surface area contributed by atoms with Crippen LogP contribution in [0.2, 0.25) is 0 Å². The summed E-state index contributed by atoms with van der Waals surface area (Å²) in [4.78, 5) is 10.0. The highest BCUT2D eigenvalue weighted by Crippen LogP contribution is 1.92. The minimum Gasteiger partial charge on any atom is -0.318 e. The summed E-state index contributed by atoms with van der Waals surface area (Å²) in [6.45, 7) is 3.00. The molecule has 0 atom stereocenters. The molecule has 3 heteroatoms. The van der Waals surface area contributed by atoms with Crippen molar-refractivity contribution in [1.29, 1.82) is 0 Å². The van der Waals surface area contributed by atoms with Gasteiger partial charge in [-0.05, 0) is 13.8 Å². The lowest BCUT2D eigenvalue weighted by atomic mass is 10.1. The zero-order valence-corrected chi connectivity index (χ0v) is 4.49. The van der Waals surface area contributed by atoms with E-state index in [2.05, 4.69) is 0 Å². The van der Waals surface area contributed by atoms with Gasteiger partial charge in [0.2, 0.25) is 0 Å². The van der Waals surface area contributed by atoms with Crippen LogP contribution in [0.1, 0.15) is 13.8 Å². The van der Waals surface area contributed by atoms with Gasteiger partial charge in [0.05, 0.1) is 5.54 Å². The first-order valence-corrected chi connectivity index (χ1v) is 1.99. The molecule has 0 fully saturated rings. The van der Waals surface area contributed by atoms with E-state index in [1.54, 1.807) is 0 Å². The summed E-state index contributed by atoms with van der Waals surface area (Å²) in [7, 11) is 0. The molecule has 0 spiro atoms. The normalized spacial score (nSPS) is 11.3. The summed E-state index contributed by atoms with van der Waals surface area (Å²) in [6, 6.07) is 0. The van der Waals surface area contributed by atoms with Crippen molar-refractivity contribution < 1.29 is 4.79 Å². The number of hydrogen-bond acceptors (Lipinski definition) is 2. The molecule has 0 saturated carbocycles. The molecule has 0 bridgehead atoms.